The molecular formula is C23H28N2O4. The molecule has 6 heteroatoms. The van der Waals surface area contributed by atoms with Crippen LogP contribution in [0.15, 0.2) is 36.4 Å². The third-order valence-electron chi connectivity index (χ3n) is 4.72. The number of carbonyl (C=O) groups is 3. The van der Waals surface area contributed by atoms with Gasteiger partial charge in [0.05, 0.1) is 17.9 Å². The van der Waals surface area contributed by atoms with Crippen molar-refractivity contribution < 1.29 is 19.1 Å². The van der Waals surface area contributed by atoms with Gasteiger partial charge in [-0.25, -0.2) is 4.79 Å². The molecule has 0 saturated carbocycles. The van der Waals surface area contributed by atoms with Gasteiger partial charge in [-0.3, -0.25) is 9.59 Å². The number of para-hydroxylation sites is 1. The molecule has 0 radical (unpaired) electrons. The molecule has 0 aliphatic heterocycles. The lowest BCUT2D eigenvalue weighted by molar-refractivity contribution is -0.135. The lowest BCUT2D eigenvalue weighted by atomic mass is 9.90. The fraction of sp³-hybridized carbons (Fsp3) is 0.348. The minimum Gasteiger partial charge on any atom is -0.462 e. The predicted octanol–water partition coefficient (Wildman–Crippen LogP) is 4.39. The summed E-state index contributed by atoms with van der Waals surface area (Å²) < 4.78 is 5.03. The standard InChI is InChI=1S/C23H28N2O4/c1-7-29-20(26)17-10-8-9-11-18(17)24-21(27)23(5,6)22(28)25-19-15(3)12-14(2)13-16(19)4/h8-13H,7H2,1-6H3,(H,24,27)(H,25,28). The summed E-state index contributed by atoms with van der Waals surface area (Å²) in [5.41, 5.74) is 2.84. The Bertz CT molecular complexity index is 925. The van der Waals surface area contributed by atoms with Crippen LogP contribution in [0.2, 0.25) is 0 Å². The van der Waals surface area contributed by atoms with E-state index < -0.39 is 23.2 Å². The van der Waals surface area contributed by atoms with E-state index in [2.05, 4.69) is 10.6 Å². The minimum atomic E-state index is -1.37. The highest BCUT2D eigenvalue weighted by Gasteiger charge is 2.37. The van der Waals surface area contributed by atoms with Gasteiger partial charge in [0.2, 0.25) is 11.8 Å². The van der Waals surface area contributed by atoms with Gasteiger partial charge in [0.25, 0.3) is 0 Å². The van der Waals surface area contributed by atoms with Crippen molar-refractivity contribution in [1.29, 1.82) is 0 Å². The maximum absolute atomic E-state index is 12.9. The number of hydrogen-bond acceptors (Lipinski definition) is 4. The summed E-state index contributed by atoms with van der Waals surface area (Å²) in [6.07, 6.45) is 0. The van der Waals surface area contributed by atoms with Crippen LogP contribution in [0.3, 0.4) is 0 Å². The number of anilines is 2. The van der Waals surface area contributed by atoms with Crippen molar-refractivity contribution in [2.75, 3.05) is 17.2 Å². The Morgan fingerprint density at radius 3 is 2.07 bits per heavy atom. The quantitative estimate of drug-likeness (QED) is 0.560. The van der Waals surface area contributed by atoms with E-state index in [1.54, 1.807) is 45.0 Å². The summed E-state index contributed by atoms with van der Waals surface area (Å²) in [7, 11) is 0. The van der Waals surface area contributed by atoms with E-state index in [0.717, 1.165) is 16.7 Å². The fourth-order valence-corrected chi connectivity index (χ4v) is 3.01. The first-order valence-corrected chi connectivity index (χ1v) is 9.54. The topological polar surface area (TPSA) is 84.5 Å². The van der Waals surface area contributed by atoms with Crippen molar-refractivity contribution in [1.82, 2.24) is 0 Å². The number of amides is 2. The normalized spacial score (nSPS) is 11.0. The zero-order chi connectivity index (χ0) is 21.8. The monoisotopic (exact) mass is 396 g/mol. The highest BCUT2D eigenvalue weighted by atomic mass is 16.5. The zero-order valence-electron chi connectivity index (χ0n) is 17.8. The number of ether oxygens (including phenoxy) is 1. The van der Waals surface area contributed by atoms with E-state index >= 15 is 0 Å². The van der Waals surface area contributed by atoms with Crippen molar-refractivity contribution in [3.8, 4) is 0 Å². The Balaban J connectivity index is 2.23. The molecule has 2 aromatic rings. The summed E-state index contributed by atoms with van der Waals surface area (Å²) in [4.78, 5) is 37.9. The van der Waals surface area contributed by atoms with Crippen LogP contribution in [0.25, 0.3) is 0 Å². The number of benzene rings is 2. The molecule has 0 atom stereocenters. The van der Waals surface area contributed by atoms with Crippen molar-refractivity contribution in [2.45, 2.75) is 41.5 Å². The molecule has 154 valence electrons. The SMILES string of the molecule is CCOC(=O)c1ccccc1NC(=O)C(C)(C)C(=O)Nc1c(C)cc(C)cc1C. The molecular weight excluding hydrogens is 368 g/mol. The van der Waals surface area contributed by atoms with Crippen molar-refractivity contribution in [3.63, 3.8) is 0 Å². The Morgan fingerprint density at radius 2 is 1.48 bits per heavy atom. The number of rotatable bonds is 6. The summed E-state index contributed by atoms with van der Waals surface area (Å²) >= 11 is 0. The molecule has 6 nitrogen and oxygen atoms in total. The third kappa shape index (κ3) is 5.02. The number of aryl methyl sites for hydroxylation is 3. The summed E-state index contributed by atoms with van der Waals surface area (Å²) in [6.45, 7) is 10.8. The van der Waals surface area contributed by atoms with Crippen molar-refractivity contribution >= 4 is 29.2 Å². The van der Waals surface area contributed by atoms with Crippen LogP contribution in [-0.2, 0) is 14.3 Å². The molecule has 2 aromatic carbocycles. The van der Waals surface area contributed by atoms with E-state index in [4.69, 9.17) is 4.74 Å². The molecule has 2 N–H and O–H groups in total. The lowest BCUT2D eigenvalue weighted by Gasteiger charge is -2.24. The molecule has 0 bridgehead atoms. The molecule has 0 aromatic heterocycles. The maximum atomic E-state index is 12.9. The molecule has 0 spiro atoms. The van der Waals surface area contributed by atoms with E-state index in [1.807, 2.05) is 32.9 Å². The first-order valence-electron chi connectivity index (χ1n) is 9.54. The lowest BCUT2D eigenvalue weighted by Crippen LogP contribution is -2.42. The van der Waals surface area contributed by atoms with Crippen molar-refractivity contribution in [3.05, 3.63) is 58.7 Å². The Hall–Kier alpha value is -3.15. The number of hydrogen-bond donors (Lipinski definition) is 2. The van der Waals surface area contributed by atoms with Gasteiger partial charge >= 0.3 is 5.97 Å². The van der Waals surface area contributed by atoms with E-state index in [0.29, 0.717) is 11.4 Å². The predicted molar refractivity (Wildman–Crippen MR) is 114 cm³/mol. The van der Waals surface area contributed by atoms with Gasteiger partial charge in [-0.2, -0.15) is 0 Å². The van der Waals surface area contributed by atoms with Crippen molar-refractivity contribution in [2.24, 2.45) is 5.41 Å². The van der Waals surface area contributed by atoms with Crippen LogP contribution in [0, 0.1) is 26.2 Å². The Labute approximate surface area is 171 Å². The van der Waals surface area contributed by atoms with Gasteiger partial charge in [-0.05, 0) is 64.8 Å². The average Bonchev–Trinajstić information content (AvgIpc) is 2.64. The molecule has 0 aliphatic rings. The van der Waals surface area contributed by atoms with Crippen LogP contribution in [0.4, 0.5) is 11.4 Å². The second kappa shape index (κ2) is 8.90. The smallest absolute Gasteiger partial charge is 0.340 e. The minimum absolute atomic E-state index is 0.226. The Morgan fingerprint density at radius 1 is 0.931 bits per heavy atom. The molecule has 0 saturated heterocycles. The molecule has 2 rings (SSSR count). The summed E-state index contributed by atoms with van der Waals surface area (Å²) in [6, 6.07) is 10.5. The third-order valence-corrected chi connectivity index (χ3v) is 4.72. The second-order valence-corrected chi connectivity index (χ2v) is 7.57. The molecule has 0 fully saturated rings. The van der Waals surface area contributed by atoms with Gasteiger partial charge in [0.1, 0.15) is 5.41 Å². The van der Waals surface area contributed by atoms with E-state index in [1.165, 1.54) is 0 Å². The van der Waals surface area contributed by atoms with Crippen LogP contribution >= 0.6 is 0 Å². The van der Waals surface area contributed by atoms with E-state index in [9.17, 15) is 14.4 Å². The molecule has 2 amide bonds. The van der Waals surface area contributed by atoms with Gasteiger partial charge in [-0.1, -0.05) is 29.8 Å². The average molecular weight is 396 g/mol. The summed E-state index contributed by atoms with van der Waals surface area (Å²) in [5.74, 6) is -1.48. The molecule has 0 unspecified atom stereocenters. The summed E-state index contributed by atoms with van der Waals surface area (Å²) in [5, 5.41) is 5.57. The second-order valence-electron chi connectivity index (χ2n) is 7.57. The van der Waals surface area contributed by atoms with Gasteiger partial charge in [0, 0.05) is 5.69 Å². The number of nitrogens with one attached hydrogen (secondary N) is 2. The zero-order valence-corrected chi connectivity index (χ0v) is 17.8. The van der Waals surface area contributed by atoms with Crippen LogP contribution in [0.1, 0.15) is 47.8 Å². The van der Waals surface area contributed by atoms with Crippen LogP contribution < -0.4 is 10.6 Å². The maximum Gasteiger partial charge on any atom is 0.340 e. The first-order chi connectivity index (χ1) is 13.6. The largest absolute Gasteiger partial charge is 0.462 e. The highest BCUT2D eigenvalue weighted by molar-refractivity contribution is 6.15. The number of esters is 1. The highest BCUT2D eigenvalue weighted by Crippen LogP contribution is 2.27. The fourth-order valence-electron chi connectivity index (χ4n) is 3.01. The molecule has 0 aliphatic carbocycles. The number of carbonyl (C=O) groups excluding carboxylic acids is 3. The van der Waals surface area contributed by atoms with Gasteiger partial charge in [0.15, 0.2) is 0 Å². The van der Waals surface area contributed by atoms with Gasteiger partial charge < -0.3 is 15.4 Å². The first kappa shape index (κ1) is 22.1. The van der Waals surface area contributed by atoms with Crippen LogP contribution in [0.5, 0.6) is 0 Å². The van der Waals surface area contributed by atoms with E-state index in [-0.39, 0.29) is 12.2 Å². The van der Waals surface area contributed by atoms with Crippen LogP contribution in [-0.4, -0.2) is 24.4 Å². The Kier molecular flexibility index (Phi) is 6.80. The molecule has 29 heavy (non-hydrogen) atoms. The molecule has 0 heterocycles. The van der Waals surface area contributed by atoms with Gasteiger partial charge in [-0.15, -0.1) is 0 Å².